The number of nitrogens with zero attached hydrogens (tertiary/aromatic N) is 2. The average Bonchev–Trinajstić information content (AvgIpc) is 2.62. The number of aliphatic imine (C=N–C) groups is 1. The van der Waals surface area contributed by atoms with Crippen LogP contribution in [0, 0.1) is 0 Å². The lowest BCUT2D eigenvalue weighted by atomic mass is 10.1. The van der Waals surface area contributed by atoms with Crippen LogP contribution in [0.2, 0.25) is 0 Å². The Hall–Kier alpha value is -1.07. The van der Waals surface area contributed by atoms with Crippen molar-refractivity contribution in [3.05, 3.63) is 35.9 Å². The molecule has 1 unspecified atom stereocenters. The minimum atomic E-state index is -4.18. The molecular weight excluding hydrogens is 472 g/mol. The number of rotatable bonds is 7. The maximum Gasteiger partial charge on any atom is 0.390 e. The van der Waals surface area contributed by atoms with Gasteiger partial charge in [-0.1, -0.05) is 30.3 Å². The van der Waals surface area contributed by atoms with E-state index in [4.69, 9.17) is 4.74 Å². The molecular formula is C18H28F3IN4O. The Kier molecular flexibility index (Phi) is 11.0. The summed E-state index contributed by atoms with van der Waals surface area (Å²) in [6.07, 6.45) is -5.06. The summed E-state index contributed by atoms with van der Waals surface area (Å²) in [7, 11) is 0. The number of guanidine groups is 1. The summed E-state index contributed by atoms with van der Waals surface area (Å²) in [6, 6.07) is 10.1. The van der Waals surface area contributed by atoms with E-state index in [9.17, 15) is 13.2 Å². The van der Waals surface area contributed by atoms with Crippen LogP contribution in [0.4, 0.5) is 13.2 Å². The van der Waals surface area contributed by atoms with Gasteiger partial charge in [0.1, 0.15) is 0 Å². The third-order valence-corrected chi connectivity index (χ3v) is 4.14. The Morgan fingerprint density at radius 1 is 1.19 bits per heavy atom. The van der Waals surface area contributed by atoms with Crippen LogP contribution in [0.5, 0.6) is 0 Å². The molecule has 154 valence electrons. The maximum absolute atomic E-state index is 12.4. The number of alkyl halides is 3. The molecule has 2 N–H and O–H groups in total. The van der Waals surface area contributed by atoms with Crippen LogP contribution in [-0.4, -0.2) is 63.0 Å². The third-order valence-electron chi connectivity index (χ3n) is 4.14. The van der Waals surface area contributed by atoms with Crippen molar-refractivity contribution in [1.82, 2.24) is 15.5 Å². The second-order valence-corrected chi connectivity index (χ2v) is 6.09. The molecule has 1 saturated heterocycles. The fraction of sp³-hybridized carbons (Fsp3) is 0.611. The predicted octanol–water partition coefficient (Wildman–Crippen LogP) is 3.19. The highest BCUT2D eigenvalue weighted by molar-refractivity contribution is 14.0. The Balaban J connectivity index is 0.00000364. The Labute approximate surface area is 175 Å². The van der Waals surface area contributed by atoms with Gasteiger partial charge in [-0.05, 0) is 12.5 Å². The van der Waals surface area contributed by atoms with Crippen molar-refractivity contribution in [3.63, 3.8) is 0 Å². The number of morpholine rings is 1. The number of hydrogen-bond acceptors (Lipinski definition) is 3. The van der Waals surface area contributed by atoms with E-state index < -0.39 is 12.6 Å². The molecule has 2 rings (SSSR count). The first kappa shape index (κ1) is 24.0. The molecule has 1 heterocycles. The Morgan fingerprint density at radius 2 is 1.85 bits per heavy atom. The van der Waals surface area contributed by atoms with Gasteiger partial charge in [-0.3, -0.25) is 9.89 Å². The number of ether oxygens (including phenoxy) is 1. The number of hydrogen-bond donors (Lipinski definition) is 2. The summed E-state index contributed by atoms with van der Waals surface area (Å²) in [4.78, 5) is 6.84. The van der Waals surface area contributed by atoms with Crippen molar-refractivity contribution in [1.29, 1.82) is 0 Å². The quantitative estimate of drug-likeness (QED) is 0.343. The molecule has 0 radical (unpaired) electrons. The van der Waals surface area contributed by atoms with E-state index in [2.05, 4.69) is 32.7 Å². The Morgan fingerprint density at radius 3 is 2.44 bits per heavy atom. The highest BCUT2D eigenvalue weighted by atomic mass is 127. The van der Waals surface area contributed by atoms with E-state index in [0.29, 0.717) is 32.3 Å². The summed E-state index contributed by atoms with van der Waals surface area (Å²) in [5, 5.41) is 5.77. The summed E-state index contributed by atoms with van der Waals surface area (Å²) in [6.45, 7) is 5.73. The van der Waals surface area contributed by atoms with Crippen molar-refractivity contribution >= 4 is 29.9 Å². The molecule has 1 aliphatic rings. The first-order valence-corrected chi connectivity index (χ1v) is 8.95. The van der Waals surface area contributed by atoms with E-state index in [1.165, 1.54) is 0 Å². The van der Waals surface area contributed by atoms with Crippen molar-refractivity contribution < 1.29 is 17.9 Å². The molecule has 0 aliphatic carbocycles. The minimum Gasteiger partial charge on any atom is -0.379 e. The summed E-state index contributed by atoms with van der Waals surface area (Å²) in [5.74, 6) is 0.408. The van der Waals surface area contributed by atoms with Crippen molar-refractivity contribution in [3.8, 4) is 0 Å². The van der Waals surface area contributed by atoms with Crippen LogP contribution in [0.15, 0.2) is 35.3 Å². The summed E-state index contributed by atoms with van der Waals surface area (Å²) < 4.78 is 42.5. The summed E-state index contributed by atoms with van der Waals surface area (Å²) >= 11 is 0. The molecule has 0 bridgehead atoms. The molecule has 0 aromatic heterocycles. The van der Waals surface area contributed by atoms with Crippen LogP contribution in [0.1, 0.15) is 24.9 Å². The molecule has 1 aromatic rings. The second-order valence-electron chi connectivity index (χ2n) is 6.09. The van der Waals surface area contributed by atoms with Crippen LogP contribution in [-0.2, 0) is 4.74 Å². The Bertz CT molecular complexity index is 551. The van der Waals surface area contributed by atoms with E-state index in [-0.39, 0.29) is 36.6 Å². The van der Waals surface area contributed by atoms with Gasteiger partial charge in [0, 0.05) is 26.2 Å². The topological polar surface area (TPSA) is 48.9 Å². The average molecular weight is 500 g/mol. The van der Waals surface area contributed by atoms with Gasteiger partial charge in [-0.2, -0.15) is 13.2 Å². The fourth-order valence-corrected chi connectivity index (χ4v) is 2.84. The molecule has 9 heteroatoms. The van der Waals surface area contributed by atoms with Crippen LogP contribution >= 0.6 is 24.0 Å². The SMILES string of the molecule is CCNC(=NCC(c1ccccc1)N1CCOCC1)NCCC(F)(F)F.I. The first-order chi connectivity index (χ1) is 12.5. The molecule has 27 heavy (non-hydrogen) atoms. The highest BCUT2D eigenvalue weighted by Crippen LogP contribution is 2.22. The van der Waals surface area contributed by atoms with Crippen LogP contribution < -0.4 is 10.6 Å². The summed E-state index contributed by atoms with van der Waals surface area (Å²) in [5.41, 5.74) is 1.14. The molecule has 5 nitrogen and oxygen atoms in total. The van der Waals surface area contributed by atoms with E-state index in [0.717, 1.165) is 18.7 Å². The van der Waals surface area contributed by atoms with Gasteiger partial charge in [0.05, 0.1) is 32.2 Å². The van der Waals surface area contributed by atoms with Crippen molar-refractivity contribution in [2.45, 2.75) is 25.6 Å². The molecule has 1 fully saturated rings. The minimum absolute atomic E-state index is 0. The monoisotopic (exact) mass is 500 g/mol. The number of halogens is 4. The predicted molar refractivity (Wildman–Crippen MR) is 112 cm³/mol. The number of benzene rings is 1. The first-order valence-electron chi connectivity index (χ1n) is 8.95. The maximum atomic E-state index is 12.4. The zero-order valence-corrected chi connectivity index (χ0v) is 17.8. The lowest BCUT2D eigenvalue weighted by Crippen LogP contribution is -2.42. The molecule has 1 aromatic carbocycles. The van der Waals surface area contributed by atoms with Gasteiger partial charge < -0.3 is 15.4 Å². The molecule has 1 atom stereocenters. The smallest absolute Gasteiger partial charge is 0.379 e. The molecule has 0 saturated carbocycles. The normalized spacial score (nSPS) is 17.1. The van der Waals surface area contributed by atoms with Crippen molar-refractivity contribution in [2.24, 2.45) is 4.99 Å². The second kappa shape index (κ2) is 12.4. The van der Waals surface area contributed by atoms with Gasteiger partial charge in [-0.15, -0.1) is 24.0 Å². The highest BCUT2D eigenvalue weighted by Gasteiger charge is 2.26. The van der Waals surface area contributed by atoms with Gasteiger partial charge in [0.2, 0.25) is 0 Å². The van der Waals surface area contributed by atoms with E-state index >= 15 is 0 Å². The third kappa shape index (κ3) is 9.11. The van der Waals surface area contributed by atoms with Gasteiger partial charge >= 0.3 is 6.18 Å². The number of nitrogens with one attached hydrogen (secondary N) is 2. The van der Waals surface area contributed by atoms with Crippen LogP contribution in [0.3, 0.4) is 0 Å². The largest absolute Gasteiger partial charge is 0.390 e. The fourth-order valence-electron chi connectivity index (χ4n) is 2.84. The van der Waals surface area contributed by atoms with Gasteiger partial charge in [0.15, 0.2) is 5.96 Å². The van der Waals surface area contributed by atoms with E-state index in [1.54, 1.807) is 0 Å². The van der Waals surface area contributed by atoms with Crippen molar-refractivity contribution in [2.75, 3.05) is 45.9 Å². The van der Waals surface area contributed by atoms with Gasteiger partial charge in [-0.25, -0.2) is 0 Å². The standard InChI is InChI=1S/C18H27F3N4O.HI/c1-2-22-17(23-9-8-18(19,20)21)24-14-16(15-6-4-3-5-7-15)25-10-12-26-13-11-25;/h3-7,16H,2,8-14H2,1H3,(H2,22,23,24);1H. The van der Waals surface area contributed by atoms with Crippen LogP contribution in [0.25, 0.3) is 0 Å². The lowest BCUT2D eigenvalue weighted by Gasteiger charge is -2.34. The zero-order chi connectivity index (χ0) is 18.8. The zero-order valence-electron chi connectivity index (χ0n) is 15.5. The lowest BCUT2D eigenvalue weighted by molar-refractivity contribution is -0.132. The molecule has 0 spiro atoms. The molecule has 1 aliphatic heterocycles. The van der Waals surface area contributed by atoms with E-state index in [1.807, 2.05) is 25.1 Å². The van der Waals surface area contributed by atoms with Gasteiger partial charge in [0.25, 0.3) is 0 Å². The molecule has 0 amide bonds.